The second-order valence-corrected chi connectivity index (χ2v) is 4.09. The quantitative estimate of drug-likeness (QED) is 0.603. The van der Waals surface area contributed by atoms with Gasteiger partial charge in [0.15, 0.2) is 0 Å². The molecule has 13 heavy (non-hydrogen) atoms. The molecular formula is C12H17N. The first-order valence-electron chi connectivity index (χ1n) is 5.12. The van der Waals surface area contributed by atoms with Crippen LogP contribution in [0.25, 0.3) is 0 Å². The lowest BCUT2D eigenvalue weighted by Gasteiger charge is -2.18. The van der Waals surface area contributed by atoms with Crippen molar-refractivity contribution in [3.63, 3.8) is 0 Å². The zero-order chi connectivity index (χ0) is 9.26. The van der Waals surface area contributed by atoms with Crippen molar-refractivity contribution in [1.82, 2.24) is 0 Å². The molecule has 2 rings (SSSR count). The normalized spacial score (nSPS) is 27.8. The van der Waals surface area contributed by atoms with Crippen molar-refractivity contribution in [3.8, 4) is 0 Å². The lowest BCUT2D eigenvalue weighted by atomic mass is 9.93. The van der Waals surface area contributed by atoms with E-state index in [0.717, 1.165) is 0 Å². The highest BCUT2D eigenvalue weighted by Gasteiger charge is 2.20. The highest BCUT2D eigenvalue weighted by atomic mass is 14.7. The standard InChI is InChI=1S/C12H17N/c1-9-5-4-7-10-6-2-3-8-11(10)12(9)13/h2-3,6,8-9,12H,4-5,7,13H2,1H3/t9-,12-/m1/s1. The molecule has 0 radical (unpaired) electrons. The van der Waals surface area contributed by atoms with Crippen molar-refractivity contribution >= 4 is 0 Å². The van der Waals surface area contributed by atoms with E-state index in [0.29, 0.717) is 5.92 Å². The van der Waals surface area contributed by atoms with Gasteiger partial charge in [-0.15, -0.1) is 0 Å². The monoisotopic (exact) mass is 175 g/mol. The predicted octanol–water partition coefficient (Wildman–Crippen LogP) is 2.66. The number of hydrogen-bond donors (Lipinski definition) is 1. The van der Waals surface area contributed by atoms with Crippen molar-refractivity contribution in [2.75, 3.05) is 0 Å². The summed E-state index contributed by atoms with van der Waals surface area (Å²) in [6.07, 6.45) is 3.75. The van der Waals surface area contributed by atoms with Gasteiger partial charge in [-0.05, 0) is 36.3 Å². The van der Waals surface area contributed by atoms with Crippen molar-refractivity contribution in [1.29, 1.82) is 0 Å². The number of benzene rings is 1. The molecule has 1 heteroatoms. The molecule has 0 heterocycles. The van der Waals surface area contributed by atoms with Crippen LogP contribution in [-0.4, -0.2) is 0 Å². The number of aryl methyl sites for hydroxylation is 1. The van der Waals surface area contributed by atoms with E-state index < -0.39 is 0 Å². The Kier molecular flexibility index (Phi) is 2.36. The minimum Gasteiger partial charge on any atom is -0.324 e. The van der Waals surface area contributed by atoms with E-state index in [2.05, 4.69) is 31.2 Å². The van der Waals surface area contributed by atoms with E-state index in [-0.39, 0.29) is 6.04 Å². The van der Waals surface area contributed by atoms with Gasteiger partial charge in [-0.1, -0.05) is 31.2 Å². The Balaban J connectivity index is 2.40. The van der Waals surface area contributed by atoms with E-state index in [1.165, 1.54) is 30.4 Å². The van der Waals surface area contributed by atoms with Crippen LogP contribution in [0.1, 0.15) is 36.9 Å². The summed E-state index contributed by atoms with van der Waals surface area (Å²) < 4.78 is 0. The lowest BCUT2D eigenvalue weighted by Crippen LogP contribution is -2.18. The van der Waals surface area contributed by atoms with Crippen LogP contribution in [0, 0.1) is 5.92 Å². The number of fused-ring (bicyclic) bond motifs is 1. The molecular weight excluding hydrogens is 158 g/mol. The third kappa shape index (κ3) is 1.61. The van der Waals surface area contributed by atoms with Crippen LogP contribution < -0.4 is 5.73 Å². The zero-order valence-electron chi connectivity index (χ0n) is 8.16. The maximum atomic E-state index is 6.19. The van der Waals surface area contributed by atoms with Gasteiger partial charge in [-0.2, -0.15) is 0 Å². The van der Waals surface area contributed by atoms with Gasteiger partial charge in [0.1, 0.15) is 0 Å². The maximum Gasteiger partial charge on any atom is 0.0323 e. The average molecular weight is 175 g/mol. The van der Waals surface area contributed by atoms with Crippen LogP contribution in [0.15, 0.2) is 24.3 Å². The van der Waals surface area contributed by atoms with Gasteiger partial charge in [0.2, 0.25) is 0 Å². The van der Waals surface area contributed by atoms with E-state index in [4.69, 9.17) is 5.73 Å². The summed E-state index contributed by atoms with van der Waals surface area (Å²) in [5.41, 5.74) is 9.02. The van der Waals surface area contributed by atoms with Crippen LogP contribution in [0.3, 0.4) is 0 Å². The Labute approximate surface area is 80.0 Å². The SMILES string of the molecule is C[C@@H]1CCCc2ccccc2[C@@H]1N. The summed E-state index contributed by atoms with van der Waals surface area (Å²) in [7, 11) is 0. The molecule has 0 bridgehead atoms. The summed E-state index contributed by atoms with van der Waals surface area (Å²) in [6, 6.07) is 8.85. The van der Waals surface area contributed by atoms with E-state index >= 15 is 0 Å². The molecule has 1 nitrogen and oxygen atoms in total. The molecule has 2 atom stereocenters. The Bertz CT molecular complexity index is 293. The Morgan fingerprint density at radius 2 is 2.08 bits per heavy atom. The summed E-state index contributed by atoms with van der Waals surface area (Å²) >= 11 is 0. The Morgan fingerprint density at radius 3 is 2.92 bits per heavy atom. The fraction of sp³-hybridized carbons (Fsp3) is 0.500. The van der Waals surface area contributed by atoms with E-state index in [1.807, 2.05) is 0 Å². The molecule has 0 aliphatic heterocycles. The molecule has 1 aliphatic carbocycles. The molecule has 2 N–H and O–H groups in total. The third-order valence-electron chi connectivity index (χ3n) is 3.13. The summed E-state index contributed by atoms with van der Waals surface area (Å²) in [4.78, 5) is 0. The minimum absolute atomic E-state index is 0.249. The van der Waals surface area contributed by atoms with Crippen LogP contribution >= 0.6 is 0 Å². The summed E-state index contributed by atoms with van der Waals surface area (Å²) in [5.74, 6) is 0.628. The first-order valence-corrected chi connectivity index (χ1v) is 5.12. The molecule has 0 spiro atoms. The molecule has 0 aromatic heterocycles. The molecule has 0 saturated heterocycles. The Hall–Kier alpha value is -0.820. The van der Waals surface area contributed by atoms with Gasteiger partial charge in [0, 0.05) is 6.04 Å². The van der Waals surface area contributed by atoms with Crippen molar-refractivity contribution in [2.45, 2.75) is 32.2 Å². The highest BCUT2D eigenvalue weighted by molar-refractivity contribution is 5.31. The molecule has 0 saturated carbocycles. The first kappa shape index (κ1) is 8.76. The minimum atomic E-state index is 0.249. The third-order valence-corrected chi connectivity index (χ3v) is 3.13. The molecule has 1 aliphatic rings. The predicted molar refractivity (Wildman–Crippen MR) is 55.5 cm³/mol. The fourth-order valence-electron chi connectivity index (χ4n) is 2.19. The average Bonchev–Trinajstić information content (AvgIpc) is 2.29. The Morgan fingerprint density at radius 1 is 1.31 bits per heavy atom. The molecule has 1 aromatic carbocycles. The van der Waals surface area contributed by atoms with Crippen molar-refractivity contribution in [2.24, 2.45) is 11.7 Å². The van der Waals surface area contributed by atoms with Crippen molar-refractivity contribution < 1.29 is 0 Å². The van der Waals surface area contributed by atoms with Crippen LogP contribution in [0.2, 0.25) is 0 Å². The van der Waals surface area contributed by atoms with Gasteiger partial charge in [-0.3, -0.25) is 0 Å². The zero-order valence-corrected chi connectivity index (χ0v) is 8.16. The molecule has 70 valence electrons. The smallest absolute Gasteiger partial charge is 0.0323 e. The number of nitrogens with two attached hydrogens (primary N) is 1. The molecule has 0 unspecified atom stereocenters. The second kappa shape index (κ2) is 3.51. The first-order chi connectivity index (χ1) is 6.29. The van der Waals surface area contributed by atoms with Gasteiger partial charge in [0.05, 0.1) is 0 Å². The summed E-state index contributed by atoms with van der Waals surface area (Å²) in [5, 5.41) is 0. The summed E-state index contributed by atoms with van der Waals surface area (Å²) in [6.45, 7) is 2.26. The maximum absolute atomic E-state index is 6.19. The number of rotatable bonds is 0. The second-order valence-electron chi connectivity index (χ2n) is 4.09. The highest BCUT2D eigenvalue weighted by Crippen LogP contribution is 2.30. The van der Waals surface area contributed by atoms with E-state index in [1.54, 1.807) is 0 Å². The van der Waals surface area contributed by atoms with Crippen LogP contribution in [0.4, 0.5) is 0 Å². The largest absolute Gasteiger partial charge is 0.324 e. The van der Waals surface area contributed by atoms with Gasteiger partial charge in [0.25, 0.3) is 0 Å². The van der Waals surface area contributed by atoms with Crippen molar-refractivity contribution in [3.05, 3.63) is 35.4 Å². The molecule has 0 amide bonds. The molecule has 1 aromatic rings. The molecule has 0 fully saturated rings. The lowest BCUT2D eigenvalue weighted by molar-refractivity contribution is 0.441. The van der Waals surface area contributed by atoms with Gasteiger partial charge >= 0.3 is 0 Å². The topological polar surface area (TPSA) is 26.0 Å². The fourth-order valence-corrected chi connectivity index (χ4v) is 2.19. The van der Waals surface area contributed by atoms with Gasteiger partial charge < -0.3 is 5.73 Å². The van der Waals surface area contributed by atoms with Crippen LogP contribution in [-0.2, 0) is 6.42 Å². The van der Waals surface area contributed by atoms with Gasteiger partial charge in [-0.25, -0.2) is 0 Å². The van der Waals surface area contributed by atoms with Crippen LogP contribution in [0.5, 0.6) is 0 Å². The number of hydrogen-bond acceptors (Lipinski definition) is 1. The van der Waals surface area contributed by atoms with E-state index in [9.17, 15) is 0 Å².